The highest BCUT2D eigenvalue weighted by atomic mass is 16.5. The molecule has 100 valence electrons. The summed E-state index contributed by atoms with van der Waals surface area (Å²) >= 11 is 0. The van der Waals surface area contributed by atoms with Gasteiger partial charge in [0.25, 0.3) is 5.89 Å². The molecule has 1 aromatic carbocycles. The lowest BCUT2D eigenvalue weighted by molar-refractivity contribution is 0.229. The first kappa shape index (κ1) is 11.5. The topological polar surface area (TPSA) is 77.8 Å². The van der Waals surface area contributed by atoms with Crippen LogP contribution in [0.2, 0.25) is 0 Å². The molecule has 0 bridgehead atoms. The first-order valence-electron chi connectivity index (χ1n) is 6.73. The molecule has 3 aromatic rings. The molecule has 4 rings (SSSR count). The second kappa shape index (κ2) is 4.11. The molecule has 1 aliphatic carbocycles. The van der Waals surface area contributed by atoms with Gasteiger partial charge < -0.3 is 10.3 Å². The molecule has 2 aromatic heterocycles. The minimum absolute atomic E-state index is 0.398. The Labute approximate surface area is 115 Å². The van der Waals surface area contributed by atoms with Crippen molar-refractivity contribution >= 4 is 10.9 Å². The van der Waals surface area contributed by atoms with E-state index in [1.807, 2.05) is 30.3 Å². The van der Waals surface area contributed by atoms with Gasteiger partial charge in [-0.3, -0.25) is 4.98 Å². The maximum absolute atomic E-state index is 6.23. The normalized spacial score (nSPS) is 17.1. The van der Waals surface area contributed by atoms with Crippen molar-refractivity contribution in [3.05, 3.63) is 42.4 Å². The Kier molecular flexibility index (Phi) is 2.37. The molecule has 2 N–H and O–H groups in total. The molecule has 20 heavy (non-hydrogen) atoms. The lowest BCUT2D eigenvalue weighted by Gasteiger charge is -2.34. The van der Waals surface area contributed by atoms with E-state index in [1.54, 1.807) is 6.20 Å². The standard InChI is InChI=1S/C15H14N4O/c16-15(7-3-8-15)14-18-13(20-19-14)11-4-1-6-12-10(11)5-2-9-17-12/h1-2,4-6,9H,3,7-8,16H2. The van der Waals surface area contributed by atoms with Crippen LogP contribution in [-0.2, 0) is 5.54 Å². The fourth-order valence-corrected chi connectivity index (χ4v) is 2.61. The monoisotopic (exact) mass is 266 g/mol. The Bertz CT molecular complexity index is 771. The summed E-state index contributed by atoms with van der Waals surface area (Å²) in [6.45, 7) is 0. The third kappa shape index (κ3) is 1.63. The van der Waals surface area contributed by atoms with Crippen LogP contribution in [-0.4, -0.2) is 15.1 Å². The highest BCUT2D eigenvalue weighted by Crippen LogP contribution is 2.38. The summed E-state index contributed by atoms with van der Waals surface area (Å²) in [4.78, 5) is 8.83. The number of fused-ring (bicyclic) bond motifs is 1. The zero-order valence-corrected chi connectivity index (χ0v) is 10.9. The van der Waals surface area contributed by atoms with Crippen LogP contribution in [0.15, 0.2) is 41.1 Å². The van der Waals surface area contributed by atoms with Crippen LogP contribution in [0.5, 0.6) is 0 Å². The lowest BCUT2D eigenvalue weighted by Crippen LogP contribution is -2.44. The third-order valence-electron chi connectivity index (χ3n) is 3.99. The van der Waals surface area contributed by atoms with Gasteiger partial charge in [0.15, 0.2) is 5.82 Å². The van der Waals surface area contributed by atoms with Crippen molar-refractivity contribution < 1.29 is 4.52 Å². The second-order valence-corrected chi connectivity index (χ2v) is 5.31. The van der Waals surface area contributed by atoms with Gasteiger partial charge in [0.2, 0.25) is 0 Å². The van der Waals surface area contributed by atoms with Crippen LogP contribution in [0.1, 0.15) is 25.1 Å². The molecular formula is C15H14N4O. The minimum Gasteiger partial charge on any atom is -0.334 e. The van der Waals surface area contributed by atoms with Crippen molar-refractivity contribution in [2.75, 3.05) is 0 Å². The average Bonchev–Trinajstić information content (AvgIpc) is 2.94. The molecule has 2 heterocycles. The number of hydrogen-bond donors (Lipinski definition) is 1. The van der Waals surface area contributed by atoms with Crippen LogP contribution in [0.4, 0.5) is 0 Å². The Balaban J connectivity index is 1.83. The smallest absolute Gasteiger partial charge is 0.258 e. The first-order valence-corrected chi connectivity index (χ1v) is 6.73. The molecule has 5 heteroatoms. The number of benzene rings is 1. The summed E-state index contributed by atoms with van der Waals surface area (Å²) in [5, 5.41) is 5.07. The highest BCUT2D eigenvalue weighted by molar-refractivity contribution is 5.92. The fraction of sp³-hybridized carbons (Fsp3) is 0.267. The second-order valence-electron chi connectivity index (χ2n) is 5.31. The van der Waals surface area contributed by atoms with E-state index in [0.717, 1.165) is 35.7 Å². The zero-order chi connectivity index (χ0) is 13.6. The van der Waals surface area contributed by atoms with E-state index in [9.17, 15) is 0 Å². The van der Waals surface area contributed by atoms with E-state index in [0.29, 0.717) is 11.7 Å². The van der Waals surface area contributed by atoms with Gasteiger partial charge in [0.05, 0.1) is 11.1 Å². The predicted octanol–water partition coefficient (Wildman–Crippen LogP) is 2.62. The van der Waals surface area contributed by atoms with Gasteiger partial charge in [-0.25, -0.2) is 0 Å². The number of pyridine rings is 1. The molecular weight excluding hydrogens is 252 g/mol. The Morgan fingerprint density at radius 3 is 2.85 bits per heavy atom. The maximum atomic E-state index is 6.23. The molecule has 0 radical (unpaired) electrons. The van der Waals surface area contributed by atoms with Gasteiger partial charge in [-0.05, 0) is 37.5 Å². The average molecular weight is 266 g/mol. The molecule has 0 spiro atoms. The highest BCUT2D eigenvalue weighted by Gasteiger charge is 2.39. The van der Waals surface area contributed by atoms with Crippen molar-refractivity contribution in [1.29, 1.82) is 0 Å². The van der Waals surface area contributed by atoms with E-state index >= 15 is 0 Å². The lowest BCUT2D eigenvalue weighted by atomic mass is 9.77. The maximum Gasteiger partial charge on any atom is 0.258 e. The number of aromatic nitrogens is 3. The van der Waals surface area contributed by atoms with Gasteiger partial charge in [-0.15, -0.1) is 0 Å². The molecule has 1 fully saturated rings. The van der Waals surface area contributed by atoms with Crippen molar-refractivity contribution in [3.63, 3.8) is 0 Å². The molecule has 0 atom stereocenters. The summed E-state index contributed by atoms with van der Waals surface area (Å²) in [5.41, 5.74) is 7.65. The Morgan fingerprint density at radius 2 is 2.05 bits per heavy atom. The zero-order valence-electron chi connectivity index (χ0n) is 10.9. The molecule has 0 unspecified atom stereocenters. The van der Waals surface area contributed by atoms with E-state index in [1.165, 1.54) is 0 Å². The molecule has 0 amide bonds. The number of nitrogens with two attached hydrogens (primary N) is 1. The van der Waals surface area contributed by atoms with Crippen LogP contribution in [0.3, 0.4) is 0 Å². The van der Waals surface area contributed by atoms with Crippen molar-refractivity contribution in [2.24, 2.45) is 5.73 Å². The summed E-state index contributed by atoms with van der Waals surface area (Å²) in [6.07, 6.45) is 4.74. The summed E-state index contributed by atoms with van der Waals surface area (Å²) < 4.78 is 5.41. The SMILES string of the molecule is NC1(c2noc(-c3cccc4ncccc34)n2)CCC1. The largest absolute Gasteiger partial charge is 0.334 e. The number of hydrogen-bond acceptors (Lipinski definition) is 5. The van der Waals surface area contributed by atoms with Crippen LogP contribution >= 0.6 is 0 Å². The summed E-state index contributed by atoms with van der Waals surface area (Å²) in [6, 6.07) is 9.77. The van der Waals surface area contributed by atoms with Crippen molar-refractivity contribution in [2.45, 2.75) is 24.8 Å². The van der Waals surface area contributed by atoms with Gasteiger partial charge >= 0.3 is 0 Å². The molecule has 0 aliphatic heterocycles. The van der Waals surface area contributed by atoms with Gasteiger partial charge in [-0.2, -0.15) is 4.98 Å². The third-order valence-corrected chi connectivity index (χ3v) is 3.99. The van der Waals surface area contributed by atoms with Gasteiger partial charge in [0, 0.05) is 17.1 Å². The summed E-state index contributed by atoms with van der Waals surface area (Å²) in [7, 11) is 0. The molecule has 1 aliphatic rings. The van der Waals surface area contributed by atoms with Gasteiger partial charge in [0.1, 0.15) is 0 Å². The van der Waals surface area contributed by atoms with Crippen molar-refractivity contribution in [1.82, 2.24) is 15.1 Å². The van der Waals surface area contributed by atoms with Crippen LogP contribution in [0, 0.1) is 0 Å². The van der Waals surface area contributed by atoms with Crippen molar-refractivity contribution in [3.8, 4) is 11.5 Å². The quantitative estimate of drug-likeness (QED) is 0.771. The van der Waals surface area contributed by atoms with Crippen LogP contribution in [0.25, 0.3) is 22.4 Å². The number of rotatable bonds is 2. The first-order chi connectivity index (χ1) is 9.76. The van der Waals surface area contributed by atoms with E-state index in [4.69, 9.17) is 10.3 Å². The fourth-order valence-electron chi connectivity index (χ4n) is 2.61. The Hall–Kier alpha value is -2.27. The minimum atomic E-state index is -0.398. The molecule has 5 nitrogen and oxygen atoms in total. The van der Waals surface area contributed by atoms with Gasteiger partial charge in [-0.1, -0.05) is 17.3 Å². The molecule has 0 saturated heterocycles. The number of nitrogens with zero attached hydrogens (tertiary/aromatic N) is 3. The molecule has 1 saturated carbocycles. The van der Waals surface area contributed by atoms with Crippen LogP contribution < -0.4 is 5.73 Å². The van der Waals surface area contributed by atoms with E-state index in [-0.39, 0.29) is 0 Å². The predicted molar refractivity (Wildman–Crippen MR) is 74.8 cm³/mol. The van der Waals surface area contributed by atoms with E-state index < -0.39 is 5.54 Å². The summed E-state index contributed by atoms with van der Waals surface area (Å²) in [5.74, 6) is 1.12. The van der Waals surface area contributed by atoms with E-state index in [2.05, 4.69) is 15.1 Å². The Morgan fingerprint density at radius 1 is 1.15 bits per heavy atom.